The van der Waals surface area contributed by atoms with Crippen molar-refractivity contribution < 1.29 is 13.9 Å². The zero-order valence-corrected chi connectivity index (χ0v) is 15.6. The summed E-state index contributed by atoms with van der Waals surface area (Å²) in [6.45, 7) is 0.374. The van der Waals surface area contributed by atoms with Crippen LogP contribution in [0.15, 0.2) is 40.4 Å². The van der Waals surface area contributed by atoms with Crippen molar-refractivity contribution in [3.05, 3.63) is 53.0 Å². The van der Waals surface area contributed by atoms with Gasteiger partial charge < -0.3 is 14.5 Å². The third-order valence-corrected chi connectivity index (χ3v) is 5.68. The van der Waals surface area contributed by atoms with Crippen LogP contribution in [0.1, 0.15) is 29.9 Å². The SMILES string of the molecule is O=C(COc1ccc2oc3c(c2c1)CCCC3)NCc1cn2ccsc2n1. The summed E-state index contributed by atoms with van der Waals surface area (Å²) in [6, 6.07) is 5.77. The molecule has 27 heavy (non-hydrogen) atoms. The number of carbonyl (C=O) groups is 1. The highest BCUT2D eigenvalue weighted by Crippen LogP contribution is 2.33. The van der Waals surface area contributed by atoms with Crippen LogP contribution in [-0.4, -0.2) is 21.9 Å². The highest BCUT2D eigenvalue weighted by Gasteiger charge is 2.18. The Hall–Kier alpha value is -2.80. The number of nitrogens with zero attached hydrogens (tertiary/aromatic N) is 2. The first-order valence-electron chi connectivity index (χ1n) is 9.11. The summed E-state index contributed by atoms with van der Waals surface area (Å²) in [6.07, 6.45) is 8.31. The molecule has 1 amide bonds. The molecule has 3 aromatic heterocycles. The van der Waals surface area contributed by atoms with Crippen LogP contribution in [0, 0.1) is 0 Å². The minimum Gasteiger partial charge on any atom is -0.484 e. The smallest absolute Gasteiger partial charge is 0.258 e. The Kier molecular flexibility index (Phi) is 4.09. The molecular weight excluding hydrogens is 362 g/mol. The van der Waals surface area contributed by atoms with E-state index in [1.807, 2.05) is 40.4 Å². The summed E-state index contributed by atoms with van der Waals surface area (Å²) in [5, 5.41) is 5.94. The van der Waals surface area contributed by atoms with Gasteiger partial charge >= 0.3 is 0 Å². The van der Waals surface area contributed by atoms with Crippen LogP contribution >= 0.6 is 11.3 Å². The van der Waals surface area contributed by atoms with Gasteiger partial charge in [0.2, 0.25) is 0 Å². The number of carbonyl (C=O) groups excluding carboxylic acids is 1. The molecule has 1 aliphatic carbocycles. The van der Waals surface area contributed by atoms with Crippen molar-refractivity contribution in [2.24, 2.45) is 0 Å². The predicted octanol–water partition coefficient (Wildman–Crippen LogP) is 3.72. The Balaban J connectivity index is 1.21. The summed E-state index contributed by atoms with van der Waals surface area (Å²) in [7, 11) is 0. The minimum atomic E-state index is -0.166. The second-order valence-electron chi connectivity index (χ2n) is 6.76. The first-order valence-corrected chi connectivity index (χ1v) is 9.99. The Bertz CT molecular complexity index is 1100. The number of hydrogen-bond donors (Lipinski definition) is 1. The van der Waals surface area contributed by atoms with Crippen molar-refractivity contribution >= 4 is 33.2 Å². The Labute approximate surface area is 159 Å². The predicted molar refractivity (Wildman–Crippen MR) is 103 cm³/mol. The van der Waals surface area contributed by atoms with Gasteiger partial charge in [-0.1, -0.05) is 0 Å². The molecule has 0 saturated carbocycles. The first-order chi connectivity index (χ1) is 13.3. The molecule has 7 heteroatoms. The van der Waals surface area contributed by atoms with Crippen molar-refractivity contribution in [1.29, 1.82) is 0 Å². The number of amides is 1. The van der Waals surface area contributed by atoms with Gasteiger partial charge in [-0.25, -0.2) is 4.98 Å². The van der Waals surface area contributed by atoms with Crippen LogP contribution in [0.4, 0.5) is 0 Å². The van der Waals surface area contributed by atoms with E-state index in [0.717, 1.165) is 40.2 Å². The molecule has 0 atom stereocenters. The van der Waals surface area contributed by atoms with Gasteiger partial charge in [-0.3, -0.25) is 9.20 Å². The summed E-state index contributed by atoms with van der Waals surface area (Å²) in [4.78, 5) is 17.5. The fourth-order valence-corrected chi connectivity index (χ4v) is 4.30. The lowest BCUT2D eigenvalue weighted by molar-refractivity contribution is -0.123. The zero-order chi connectivity index (χ0) is 18.2. The maximum atomic E-state index is 12.1. The van der Waals surface area contributed by atoms with E-state index in [9.17, 15) is 4.79 Å². The van der Waals surface area contributed by atoms with Crippen molar-refractivity contribution in [3.8, 4) is 5.75 Å². The van der Waals surface area contributed by atoms with E-state index in [4.69, 9.17) is 9.15 Å². The fourth-order valence-electron chi connectivity index (χ4n) is 3.58. The van der Waals surface area contributed by atoms with E-state index in [2.05, 4.69) is 10.3 Å². The van der Waals surface area contributed by atoms with Crippen LogP contribution in [-0.2, 0) is 24.2 Å². The van der Waals surface area contributed by atoms with Crippen molar-refractivity contribution in [2.45, 2.75) is 32.2 Å². The number of fused-ring (bicyclic) bond motifs is 4. The van der Waals surface area contributed by atoms with E-state index in [1.165, 1.54) is 18.4 Å². The quantitative estimate of drug-likeness (QED) is 0.572. The molecule has 0 aliphatic heterocycles. The molecule has 0 unspecified atom stereocenters. The van der Waals surface area contributed by atoms with Crippen LogP contribution in [0.2, 0.25) is 0 Å². The van der Waals surface area contributed by atoms with E-state index < -0.39 is 0 Å². The molecule has 0 radical (unpaired) electrons. The number of aromatic nitrogens is 2. The lowest BCUT2D eigenvalue weighted by Crippen LogP contribution is -2.28. The number of rotatable bonds is 5. The molecule has 138 valence electrons. The largest absolute Gasteiger partial charge is 0.484 e. The Morgan fingerprint density at radius 1 is 1.33 bits per heavy atom. The molecule has 1 aliphatic rings. The van der Waals surface area contributed by atoms with Crippen LogP contribution in [0.3, 0.4) is 0 Å². The number of imidazole rings is 1. The molecule has 3 heterocycles. The molecule has 0 spiro atoms. The van der Waals surface area contributed by atoms with Gasteiger partial charge in [-0.2, -0.15) is 0 Å². The zero-order valence-electron chi connectivity index (χ0n) is 14.7. The molecule has 4 aromatic rings. The molecule has 0 saturated heterocycles. The van der Waals surface area contributed by atoms with Crippen LogP contribution < -0.4 is 10.1 Å². The summed E-state index contributed by atoms with van der Waals surface area (Å²) < 4.78 is 13.6. The molecule has 1 N–H and O–H groups in total. The molecule has 5 rings (SSSR count). The normalized spacial score (nSPS) is 13.8. The van der Waals surface area contributed by atoms with Crippen LogP contribution in [0.25, 0.3) is 15.9 Å². The molecule has 0 fully saturated rings. The van der Waals surface area contributed by atoms with Gasteiger partial charge in [0.1, 0.15) is 17.1 Å². The topological polar surface area (TPSA) is 68.8 Å². The van der Waals surface area contributed by atoms with Gasteiger partial charge in [-0.05, 0) is 37.5 Å². The highest BCUT2D eigenvalue weighted by molar-refractivity contribution is 7.15. The van der Waals surface area contributed by atoms with Crippen molar-refractivity contribution in [2.75, 3.05) is 6.61 Å². The number of aryl methyl sites for hydroxylation is 2. The number of thiazole rings is 1. The Morgan fingerprint density at radius 2 is 2.26 bits per heavy atom. The third kappa shape index (κ3) is 3.19. The molecular formula is C20H19N3O3S. The van der Waals surface area contributed by atoms with Gasteiger partial charge in [0, 0.05) is 35.1 Å². The number of ether oxygens (including phenoxy) is 1. The number of furan rings is 1. The highest BCUT2D eigenvalue weighted by atomic mass is 32.1. The van der Waals surface area contributed by atoms with Crippen molar-refractivity contribution in [1.82, 2.24) is 14.7 Å². The fraction of sp³-hybridized carbons (Fsp3) is 0.300. The summed E-state index contributed by atoms with van der Waals surface area (Å²) in [5.41, 5.74) is 3.03. The minimum absolute atomic E-state index is 0.0201. The lowest BCUT2D eigenvalue weighted by atomic mass is 9.96. The number of benzene rings is 1. The number of nitrogens with one attached hydrogen (secondary N) is 1. The Morgan fingerprint density at radius 3 is 3.19 bits per heavy atom. The second-order valence-corrected chi connectivity index (χ2v) is 7.63. The second kappa shape index (κ2) is 6.74. The standard InChI is InChI=1S/C20H19N3O3S/c24-19(21-10-13-11-23-7-8-27-20(23)22-13)12-25-14-5-6-18-16(9-14)15-3-1-2-4-17(15)26-18/h5-9,11H,1-4,10,12H2,(H,21,24). The molecule has 0 bridgehead atoms. The van der Waals surface area contributed by atoms with Gasteiger partial charge in [0.25, 0.3) is 5.91 Å². The molecule has 6 nitrogen and oxygen atoms in total. The van der Waals surface area contributed by atoms with E-state index >= 15 is 0 Å². The lowest BCUT2D eigenvalue weighted by Gasteiger charge is -2.09. The summed E-state index contributed by atoms with van der Waals surface area (Å²) >= 11 is 1.57. The average Bonchev–Trinajstić information content (AvgIpc) is 3.37. The van der Waals surface area contributed by atoms with E-state index in [-0.39, 0.29) is 12.5 Å². The van der Waals surface area contributed by atoms with Gasteiger partial charge in [-0.15, -0.1) is 11.3 Å². The molecule has 1 aromatic carbocycles. The maximum Gasteiger partial charge on any atom is 0.258 e. The number of hydrogen-bond acceptors (Lipinski definition) is 5. The van der Waals surface area contributed by atoms with Gasteiger partial charge in [0.15, 0.2) is 11.6 Å². The van der Waals surface area contributed by atoms with Crippen molar-refractivity contribution in [3.63, 3.8) is 0 Å². The van der Waals surface area contributed by atoms with E-state index in [0.29, 0.717) is 12.3 Å². The summed E-state index contributed by atoms with van der Waals surface area (Å²) in [5.74, 6) is 1.63. The maximum absolute atomic E-state index is 12.1. The van der Waals surface area contributed by atoms with E-state index in [1.54, 1.807) is 11.3 Å². The third-order valence-electron chi connectivity index (χ3n) is 4.91. The first kappa shape index (κ1) is 16.4. The monoisotopic (exact) mass is 381 g/mol. The van der Waals surface area contributed by atoms with Crippen LogP contribution in [0.5, 0.6) is 5.75 Å². The van der Waals surface area contributed by atoms with Gasteiger partial charge in [0.05, 0.1) is 12.2 Å². The average molecular weight is 381 g/mol.